The molecule has 1 fully saturated rings. The fraction of sp³-hybridized carbons (Fsp3) is 0.579. The minimum absolute atomic E-state index is 0.0559. The lowest BCUT2D eigenvalue weighted by atomic mass is 10.1. The summed E-state index contributed by atoms with van der Waals surface area (Å²) in [6, 6.07) is 7.10. The van der Waals surface area contributed by atoms with Gasteiger partial charge in [0.25, 0.3) is 5.91 Å². The van der Waals surface area contributed by atoms with E-state index in [-0.39, 0.29) is 18.6 Å². The molecule has 1 aromatic rings. The van der Waals surface area contributed by atoms with Crippen LogP contribution in [0.4, 0.5) is 0 Å². The third-order valence-electron chi connectivity index (χ3n) is 4.21. The maximum atomic E-state index is 12.7. The first-order chi connectivity index (χ1) is 13.0. The van der Waals surface area contributed by atoms with E-state index in [1.807, 2.05) is 0 Å². The van der Waals surface area contributed by atoms with Gasteiger partial charge in [-0.25, -0.2) is 0 Å². The molecule has 0 radical (unpaired) electrons. The van der Waals surface area contributed by atoms with Crippen molar-refractivity contribution in [2.75, 3.05) is 60.2 Å². The highest BCUT2D eigenvalue weighted by molar-refractivity contribution is 5.94. The van der Waals surface area contributed by atoms with Crippen molar-refractivity contribution in [1.82, 2.24) is 9.80 Å². The van der Waals surface area contributed by atoms with Gasteiger partial charge in [-0.15, -0.1) is 0 Å². The van der Waals surface area contributed by atoms with E-state index in [4.69, 9.17) is 19.3 Å². The molecular weight excluding hydrogens is 352 g/mol. The fourth-order valence-corrected chi connectivity index (χ4v) is 2.93. The number of nitrogens with zero attached hydrogens (tertiary/aromatic N) is 2. The minimum Gasteiger partial charge on any atom is -0.494 e. The van der Waals surface area contributed by atoms with Gasteiger partial charge < -0.3 is 24.2 Å². The summed E-state index contributed by atoms with van der Waals surface area (Å²) in [6.07, 6.45) is 0.610. The highest BCUT2D eigenvalue weighted by Gasteiger charge is 2.26. The second-order valence-electron chi connectivity index (χ2n) is 6.55. The molecule has 1 aliphatic heterocycles. The molecule has 8 heteroatoms. The lowest BCUT2D eigenvalue weighted by Crippen LogP contribution is -2.49. The number of carboxylic acids is 1. The van der Waals surface area contributed by atoms with Crippen LogP contribution in [0.2, 0.25) is 0 Å². The topological polar surface area (TPSA) is 88.5 Å². The van der Waals surface area contributed by atoms with E-state index in [2.05, 4.69) is 0 Å². The summed E-state index contributed by atoms with van der Waals surface area (Å²) in [4.78, 5) is 26.9. The number of aliphatic carboxylic acids is 1. The number of rotatable bonds is 10. The van der Waals surface area contributed by atoms with Gasteiger partial charge in [0.05, 0.1) is 25.9 Å². The van der Waals surface area contributed by atoms with Crippen molar-refractivity contribution in [3.8, 4) is 5.75 Å². The van der Waals surface area contributed by atoms with E-state index in [9.17, 15) is 9.59 Å². The van der Waals surface area contributed by atoms with E-state index in [0.717, 1.165) is 12.2 Å². The summed E-state index contributed by atoms with van der Waals surface area (Å²) in [6.45, 7) is 3.03. The summed E-state index contributed by atoms with van der Waals surface area (Å²) in [5, 5.41) is 8.84. The van der Waals surface area contributed by atoms with Crippen LogP contribution >= 0.6 is 0 Å². The molecule has 8 nitrogen and oxygen atoms in total. The normalized spacial score (nSPS) is 17.1. The zero-order valence-corrected chi connectivity index (χ0v) is 15.9. The number of morpholine rings is 1. The van der Waals surface area contributed by atoms with Crippen LogP contribution in [0, 0.1) is 0 Å². The maximum Gasteiger partial charge on any atom is 0.317 e. The lowest BCUT2D eigenvalue weighted by molar-refractivity contribution is -0.138. The highest BCUT2D eigenvalue weighted by atomic mass is 16.5. The van der Waals surface area contributed by atoms with Crippen molar-refractivity contribution in [2.45, 2.75) is 12.5 Å². The summed E-state index contributed by atoms with van der Waals surface area (Å²) >= 11 is 0. The second kappa shape index (κ2) is 10.9. The number of hydrogen-bond acceptors (Lipinski definition) is 6. The Morgan fingerprint density at radius 2 is 2.04 bits per heavy atom. The molecule has 2 rings (SSSR count). The van der Waals surface area contributed by atoms with Crippen LogP contribution in [0.15, 0.2) is 24.3 Å². The van der Waals surface area contributed by atoms with E-state index in [1.54, 1.807) is 48.2 Å². The molecule has 1 heterocycles. The molecule has 1 unspecified atom stereocenters. The van der Waals surface area contributed by atoms with E-state index < -0.39 is 5.97 Å². The van der Waals surface area contributed by atoms with Crippen molar-refractivity contribution in [1.29, 1.82) is 0 Å². The van der Waals surface area contributed by atoms with E-state index >= 15 is 0 Å². The zero-order valence-electron chi connectivity index (χ0n) is 15.9. The smallest absolute Gasteiger partial charge is 0.317 e. The van der Waals surface area contributed by atoms with Crippen LogP contribution in [0.25, 0.3) is 0 Å². The van der Waals surface area contributed by atoms with Crippen molar-refractivity contribution < 1.29 is 28.9 Å². The SMILES string of the molecule is COCCCOc1ccc(C(=O)N2CCOC(CN(C)CC(=O)O)C2)cc1. The van der Waals surface area contributed by atoms with Gasteiger partial charge in [0, 0.05) is 45.3 Å². The molecule has 0 aliphatic carbocycles. The predicted molar refractivity (Wildman–Crippen MR) is 99.2 cm³/mol. The molecule has 1 amide bonds. The Balaban J connectivity index is 1.85. The van der Waals surface area contributed by atoms with Crippen LogP contribution in [-0.4, -0.2) is 93.0 Å². The van der Waals surface area contributed by atoms with Gasteiger partial charge in [0.15, 0.2) is 0 Å². The minimum atomic E-state index is -0.884. The average Bonchev–Trinajstić information content (AvgIpc) is 2.64. The first kappa shape index (κ1) is 21.1. The highest BCUT2D eigenvalue weighted by Crippen LogP contribution is 2.16. The van der Waals surface area contributed by atoms with Gasteiger partial charge in [-0.3, -0.25) is 14.5 Å². The Labute approximate surface area is 159 Å². The number of amides is 1. The Hall–Kier alpha value is -2.16. The average molecular weight is 380 g/mol. The third kappa shape index (κ3) is 7.16. The van der Waals surface area contributed by atoms with Crippen molar-refractivity contribution in [2.24, 2.45) is 0 Å². The summed E-state index contributed by atoms with van der Waals surface area (Å²) in [7, 11) is 3.38. The molecule has 1 aromatic carbocycles. The standard InChI is InChI=1S/C19H28N2O6/c1-20(14-18(22)23)12-17-13-21(8-11-27-17)19(24)15-4-6-16(7-5-15)26-10-3-9-25-2/h4-7,17H,3,8-14H2,1-2H3,(H,22,23). The van der Waals surface area contributed by atoms with Crippen LogP contribution in [0.1, 0.15) is 16.8 Å². The van der Waals surface area contributed by atoms with Gasteiger partial charge in [0.2, 0.25) is 0 Å². The number of carboxylic acid groups (broad SMARTS) is 1. The summed E-state index contributed by atoms with van der Waals surface area (Å²) < 4.78 is 16.2. The molecule has 0 saturated carbocycles. The molecule has 0 aromatic heterocycles. The first-order valence-corrected chi connectivity index (χ1v) is 9.02. The molecule has 0 spiro atoms. The Morgan fingerprint density at radius 3 is 2.70 bits per heavy atom. The lowest BCUT2D eigenvalue weighted by Gasteiger charge is -2.34. The summed E-state index contributed by atoms with van der Waals surface area (Å²) in [5.74, 6) is -0.223. The van der Waals surface area contributed by atoms with Gasteiger partial charge in [0.1, 0.15) is 5.75 Å². The molecule has 1 N–H and O–H groups in total. The van der Waals surface area contributed by atoms with Crippen molar-refractivity contribution >= 4 is 11.9 Å². The third-order valence-corrected chi connectivity index (χ3v) is 4.21. The van der Waals surface area contributed by atoms with Gasteiger partial charge in [-0.05, 0) is 31.3 Å². The number of hydrogen-bond donors (Lipinski definition) is 1. The van der Waals surface area contributed by atoms with Gasteiger partial charge in [-0.2, -0.15) is 0 Å². The number of ether oxygens (including phenoxy) is 3. The molecule has 27 heavy (non-hydrogen) atoms. The number of carbonyl (C=O) groups excluding carboxylic acids is 1. The first-order valence-electron chi connectivity index (χ1n) is 9.02. The van der Waals surface area contributed by atoms with Gasteiger partial charge >= 0.3 is 5.97 Å². The molecular formula is C19H28N2O6. The number of likely N-dealkylation sites (N-methyl/N-ethyl adjacent to an activating group) is 1. The van der Waals surface area contributed by atoms with Crippen LogP contribution < -0.4 is 4.74 Å². The maximum absolute atomic E-state index is 12.7. The van der Waals surface area contributed by atoms with Crippen LogP contribution in [-0.2, 0) is 14.3 Å². The number of benzene rings is 1. The predicted octanol–water partition coefficient (Wildman–Crippen LogP) is 0.959. The Bertz CT molecular complexity index is 607. The van der Waals surface area contributed by atoms with Crippen molar-refractivity contribution in [3.63, 3.8) is 0 Å². The number of carbonyl (C=O) groups is 2. The second-order valence-corrected chi connectivity index (χ2v) is 6.55. The zero-order chi connectivity index (χ0) is 19.6. The molecule has 1 atom stereocenters. The van der Waals surface area contributed by atoms with E-state index in [1.165, 1.54) is 0 Å². The fourth-order valence-electron chi connectivity index (χ4n) is 2.93. The van der Waals surface area contributed by atoms with Crippen molar-refractivity contribution in [3.05, 3.63) is 29.8 Å². The molecule has 1 aliphatic rings. The van der Waals surface area contributed by atoms with Gasteiger partial charge in [-0.1, -0.05) is 0 Å². The molecule has 0 bridgehead atoms. The molecule has 150 valence electrons. The quantitative estimate of drug-likeness (QED) is 0.605. The largest absolute Gasteiger partial charge is 0.494 e. The number of methoxy groups -OCH3 is 1. The van der Waals surface area contributed by atoms with Crippen LogP contribution in [0.5, 0.6) is 5.75 Å². The molecule has 1 saturated heterocycles. The monoisotopic (exact) mass is 380 g/mol. The summed E-state index contributed by atoms with van der Waals surface area (Å²) in [5.41, 5.74) is 0.596. The Kier molecular flexibility index (Phi) is 8.50. The Morgan fingerprint density at radius 1 is 1.30 bits per heavy atom. The van der Waals surface area contributed by atoms with E-state index in [0.29, 0.717) is 45.0 Å². The van der Waals surface area contributed by atoms with Crippen LogP contribution in [0.3, 0.4) is 0 Å².